The topological polar surface area (TPSA) is 72.8 Å². The van der Waals surface area contributed by atoms with E-state index in [2.05, 4.69) is 0 Å². The van der Waals surface area contributed by atoms with Gasteiger partial charge in [0.25, 0.3) is 5.78 Å². The van der Waals surface area contributed by atoms with Crippen LogP contribution in [0, 0.1) is 5.41 Å². The number of Topliss-reactive ketones (excluding diaryl/α,β-unsaturated/α-hetero) is 1. The van der Waals surface area contributed by atoms with E-state index in [-0.39, 0.29) is 13.2 Å². The molecule has 0 bridgehead atoms. The highest BCUT2D eigenvalue weighted by atomic mass is 16.5. The molecule has 0 aliphatic rings. The van der Waals surface area contributed by atoms with Gasteiger partial charge in [0.1, 0.15) is 6.61 Å². The second-order valence-corrected chi connectivity index (χ2v) is 5.34. The van der Waals surface area contributed by atoms with Crippen molar-refractivity contribution in [1.29, 1.82) is 0 Å². The smallest absolute Gasteiger partial charge is 0.379 e. The second-order valence-electron chi connectivity index (χ2n) is 5.34. The first-order valence-electron chi connectivity index (χ1n) is 7.53. The predicted octanol–water partition coefficient (Wildman–Crippen LogP) is 2.23. The van der Waals surface area contributed by atoms with Gasteiger partial charge < -0.3 is 14.6 Å². The number of carbonyl (C=O) groups excluding carboxylic acids is 2. The molecule has 0 aliphatic heterocycles. The van der Waals surface area contributed by atoms with Crippen molar-refractivity contribution >= 4 is 11.8 Å². The number of hydrogen-bond donors (Lipinski definition) is 1. The molecule has 0 saturated carbocycles. The van der Waals surface area contributed by atoms with E-state index in [1.54, 1.807) is 30.3 Å². The average Bonchev–Trinajstić information content (AvgIpc) is 2.58. The highest BCUT2D eigenvalue weighted by Gasteiger charge is 2.31. The standard InChI is InChI=1S/C17H24O5/c1-3-10-21-12-17(4-2,11-18)13-22-16(20)15(19)14-8-6-5-7-9-14/h5-9,18H,3-4,10-13H2,1-2H3. The van der Waals surface area contributed by atoms with Crippen molar-refractivity contribution in [1.82, 2.24) is 0 Å². The number of carbonyl (C=O) groups is 2. The maximum atomic E-state index is 11.9. The normalized spacial score (nSPS) is 13.4. The van der Waals surface area contributed by atoms with Crippen LogP contribution in [0.4, 0.5) is 0 Å². The van der Waals surface area contributed by atoms with E-state index in [1.807, 2.05) is 13.8 Å². The van der Waals surface area contributed by atoms with Gasteiger partial charge in [-0.1, -0.05) is 44.2 Å². The molecule has 0 radical (unpaired) electrons. The highest BCUT2D eigenvalue weighted by molar-refractivity contribution is 6.40. The summed E-state index contributed by atoms with van der Waals surface area (Å²) in [5.74, 6) is -1.59. The molecule has 0 saturated heterocycles. The largest absolute Gasteiger partial charge is 0.459 e. The molecule has 22 heavy (non-hydrogen) atoms. The minimum absolute atomic E-state index is 0.0406. The van der Waals surface area contributed by atoms with E-state index in [1.165, 1.54) is 0 Å². The molecule has 1 atom stereocenters. The molecule has 0 heterocycles. The number of esters is 1. The summed E-state index contributed by atoms with van der Waals surface area (Å²) in [4.78, 5) is 23.8. The van der Waals surface area contributed by atoms with Crippen LogP contribution in [0.25, 0.3) is 0 Å². The summed E-state index contributed by atoms with van der Waals surface area (Å²) >= 11 is 0. The summed E-state index contributed by atoms with van der Waals surface area (Å²) in [6.45, 7) is 4.55. The molecule has 0 spiro atoms. The van der Waals surface area contributed by atoms with Gasteiger partial charge in [-0.2, -0.15) is 0 Å². The number of aliphatic hydroxyl groups excluding tert-OH is 1. The lowest BCUT2D eigenvalue weighted by Crippen LogP contribution is -2.37. The molecule has 0 aliphatic carbocycles. The van der Waals surface area contributed by atoms with Gasteiger partial charge in [0.05, 0.1) is 18.6 Å². The van der Waals surface area contributed by atoms with E-state index >= 15 is 0 Å². The number of ether oxygens (including phenoxy) is 2. The van der Waals surface area contributed by atoms with Crippen LogP contribution < -0.4 is 0 Å². The van der Waals surface area contributed by atoms with Crippen molar-refractivity contribution in [2.24, 2.45) is 5.41 Å². The summed E-state index contributed by atoms with van der Waals surface area (Å²) < 4.78 is 10.6. The maximum Gasteiger partial charge on any atom is 0.379 e. The molecule has 0 fully saturated rings. The van der Waals surface area contributed by atoms with Crippen molar-refractivity contribution in [2.75, 3.05) is 26.4 Å². The lowest BCUT2D eigenvalue weighted by Gasteiger charge is -2.29. The quantitative estimate of drug-likeness (QED) is 0.310. The average molecular weight is 308 g/mol. The predicted molar refractivity (Wildman–Crippen MR) is 82.7 cm³/mol. The zero-order valence-electron chi connectivity index (χ0n) is 13.2. The Kier molecular flexibility index (Phi) is 7.77. The van der Waals surface area contributed by atoms with Crippen molar-refractivity contribution < 1.29 is 24.2 Å². The monoisotopic (exact) mass is 308 g/mol. The lowest BCUT2D eigenvalue weighted by atomic mass is 9.88. The van der Waals surface area contributed by atoms with Gasteiger partial charge in [-0.3, -0.25) is 4.79 Å². The van der Waals surface area contributed by atoms with Crippen LogP contribution in [0.5, 0.6) is 0 Å². The summed E-state index contributed by atoms with van der Waals surface area (Å²) in [5, 5.41) is 9.59. The van der Waals surface area contributed by atoms with Crippen LogP contribution in [0.15, 0.2) is 30.3 Å². The fourth-order valence-electron chi connectivity index (χ4n) is 1.87. The van der Waals surface area contributed by atoms with Crippen molar-refractivity contribution in [3.63, 3.8) is 0 Å². The Morgan fingerprint density at radius 2 is 1.82 bits per heavy atom. The lowest BCUT2D eigenvalue weighted by molar-refractivity contribution is -0.145. The van der Waals surface area contributed by atoms with Gasteiger partial charge in [0, 0.05) is 12.2 Å². The zero-order valence-corrected chi connectivity index (χ0v) is 13.2. The fourth-order valence-corrected chi connectivity index (χ4v) is 1.87. The van der Waals surface area contributed by atoms with Crippen LogP contribution in [-0.2, 0) is 14.3 Å². The Balaban J connectivity index is 2.60. The molecule has 1 rings (SSSR count). The van der Waals surface area contributed by atoms with Crippen molar-refractivity contribution in [2.45, 2.75) is 26.7 Å². The number of benzene rings is 1. The first kappa shape index (κ1) is 18.3. The molecule has 1 aromatic rings. The molecule has 0 aromatic heterocycles. The van der Waals surface area contributed by atoms with Gasteiger partial charge in [0.2, 0.25) is 0 Å². The number of hydrogen-bond acceptors (Lipinski definition) is 5. The minimum atomic E-state index is -0.909. The SMILES string of the molecule is CCCOCC(CC)(CO)COC(=O)C(=O)c1ccccc1. The minimum Gasteiger partial charge on any atom is -0.459 e. The third-order valence-electron chi connectivity index (χ3n) is 3.57. The molecular weight excluding hydrogens is 284 g/mol. The Hall–Kier alpha value is -1.72. The molecule has 0 amide bonds. The molecule has 5 nitrogen and oxygen atoms in total. The molecule has 1 aromatic carbocycles. The number of ketones is 1. The summed E-state index contributed by atoms with van der Waals surface area (Å²) in [6.07, 6.45) is 1.46. The van der Waals surface area contributed by atoms with Crippen molar-refractivity contribution in [3.05, 3.63) is 35.9 Å². The Labute approximate surface area is 131 Å². The van der Waals surface area contributed by atoms with E-state index in [9.17, 15) is 14.7 Å². The van der Waals surface area contributed by atoms with Gasteiger partial charge >= 0.3 is 5.97 Å². The molecular formula is C17H24O5. The van der Waals surface area contributed by atoms with Crippen LogP contribution in [-0.4, -0.2) is 43.3 Å². The molecule has 1 N–H and O–H groups in total. The second kappa shape index (κ2) is 9.33. The Morgan fingerprint density at radius 1 is 1.14 bits per heavy atom. The van der Waals surface area contributed by atoms with E-state index in [0.29, 0.717) is 25.2 Å². The van der Waals surface area contributed by atoms with Crippen LogP contribution in [0.1, 0.15) is 37.0 Å². The van der Waals surface area contributed by atoms with Crippen LogP contribution >= 0.6 is 0 Å². The third kappa shape index (κ3) is 5.24. The summed E-state index contributed by atoms with van der Waals surface area (Å²) in [6, 6.07) is 8.26. The van der Waals surface area contributed by atoms with E-state index in [0.717, 1.165) is 6.42 Å². The molecule has 1 unspecified atom stereocenters. The molecule has 122 valence electrons. The highest BCUT2D eigenvalue weighted by Crippen LogP contribution is 2.23. The zero-order chi connectivity index (χ0) is 16.4. The van der Waals surface area contributed by atoms with E-state index in [4.69, 9.17) is 9.47 Å². The summed E-state index contributed by atoms with van der Waals surface area (Å²) in [5.41, 5.74) is -0.372. The van der Waals surface area contributed by atoms with Crippen molar-refractivity contribution in [3.8, 4) is 0 Å². The van der Waals surface area contributed by atoms with E-state index < -0.39 is 17.2 Å². The summed E-state index contributed by atoms with van der Waals surface area (Å²) in [7, 11) is 0. The van der Waals surface area contributed by atoms with Crippen LogP contribution in [0.2, 0.25) is 0 Å². The van der Waals surface area contributed by atoms with Gasteiger partial charge in [-0.05, 0) is 12.8 Å². The number of aliphatic hydroxyl groups is 1. The maximum absolute atomic E-state index is 11.9. The first-order valence-corrected chi connectivity index (χ1v) is 7.53. The fraction of sp³-hybridized carbons (Fsp3) is 0.529. The molecule has 5 heteroatoms. The van der Waals surface area contributed by atoms with Crippen LogP contribution in [0.3, 0.4) is 0 Å². The Morgan fingerprint density at radius 3 is 2.36 bits per heavy atom. The van der Waals surface area contributed by atoms with Gasteiger partial charge in [0.15, 0.2) is 0 Å². The Bertz CT molecular complexity index is 465. The first-order chi connectivity index (χ1) is 10.6. The third-order valence-corrected chi connectivity index (χ3v) is 3.57. The number of rotatable bonds is 10. The van der Waals surface area contributed by atoms with Gasteiger partial charge in [-0.15, -0.1) is 0 Å². The van der Waals surface area contributed by atoms with Gasteiger partial charge in [-0.25, -0.2) is 4.79 Å².